The number of carboxylic acids is 1. The predicted octanol–water partition coefficient (Wildman–Crippen LogP) is 0.903. The first-order valence-electron chi connectivity index (χ1n) is 6.66. The Bertz CT molecular complexity index is 214. The van der Waals surface area contributed by atoms with Crippen molar-refractivity contribution < 1.29 is 46.6 Å². The molecule has 5 nitrogen and oxygen atoms in total. The summed E-state index contributed by atoms with van der Waals surface area (Å²) in [5.41, 5.74) is 0. The van der Waals surface area contributed by atoms with Gasteiger partial charge in [-0.25, -0.2) is 0 Å². The van der Waals surface area contributed by atoms with E-state index in [9.17, 15) is 14.7 Å². The SMILES string of the molecule is CC(C)O.CC(C)O.CCC(CC)C(=O)CC(=O)[O-].[Ti]. The second kappa shape index (κ2) is 18.8. The van der Waals surface area contributed by atoms with E-state index in [1.807, 2.05) is 13.8 Å². The minimum Gasteiger partial charge on any atom is -0.550 e. The summed E-state index contributed by atoms with van der Waals surface area (Å²) in [6.45, 7) is 10.6. The topological polar surface area (TPSA) is 97.7 Å². The van der Waals surface area contributed by atoms with Crippen LogP contribution in [0.5, 0.6) is 0 Å². The average molecular weight is 325 g/mol. The smallest absolute Gasteiger partial charge is 0.141 e. The second-order valence-electron chi connectivity index (χ2n) is 4.72. The molecule has 0 aromatic heterocycles. The van der Waals surface area contributed by atoms with Gasteiger partial charge in [-0.3, -0.25) is 4.79 Å². The number of rotatable bonds is 5. The van der Waals surface area contributed by atoms with E-state index in [0.29, 0.717) is 12.8 Å². The molecule has 0 unspecified atom stereocenters. The number of carboxylic acid groups (broad SMARTS) is 1. The summed E-state index contributed by atoms with van der Waals surface area (Å²) in [6, 6.07) is 0. The minimum atomic E-state index is -1.28. The van der Waals surface area contributed by atoms with Crippen molar-refractivity contribution in [1.29, 1.82) is 0 Å². The molecule has 0 atom stereocenters. The molecule has 0 heterocycles. The standard InChI is InChI=1S/C8H14O3.2C3H8O.Ti/c1-3-6(4-2)7(9)5-8(10)11;2*1-3(2)4;/h6H,3-5H2,1-2H3,(H,10,11);2*3-4H,1-2H3;/p-1. The van der Waals surface area contributed by atoms with Gasteiger partial charge in [0.05, 0.1) is 0 Å². The van der Waals surface area contributed by atoms with E-state index < -0.39 is 12.4 Å². The van der Waals surface area contributed by atoms with E-state index in [2.05, 4.69) is 0 Å². The van der Waals surface area contributed by atoms with Gasteiger partial charge < -0.3 is 20.1 Å². The number of aliphatic hydroxyl groups is 2. The largest absolute Gasteiger partial charge is 0.550 e. The minimum absolute atomic E-state index is 0. The molecular formula is C14H29O5Ti-. The number of carbonyl (C=O) groups excluding carboxylic acids is 2. The summed E-state index contributed by atoms with van der Waals surface area (Å²) in [4.78, 5) is 21.0. The Kier molecular flexibility index (Phi) is 26.3. The quantitative estimate of drug-likeness (QED) is 0.578. The van der Waals surface area contributed by atoms with E-state index in [0.717, 1.165) is 0 Å². The molecule has 0 aromatic carbocycles. The average Bonchev–Trinajstić information content (AvgIpc) is 2.16. The fraction of sp³-hybridized carbons (Fsp3) is 0.857. The van der Waals surface area contributed by atoms with Crippen molar-refractivity contribution in [2.45, 2.75) is 73.0 Å². The van der Waals surface area contributed by atoms with Gasteiger partial charge in [0.25, 0.3) is 0 Å². The van der Waals surface area contributed by atoms with Crippen molar-refractivity contribution >= 4 is 11.8 Å². The van der Waals surface area contributed by atoms with E-state index >= 15 is 0 Å². The third-order valence-corrected chi connectivity index (χ3v) is 1.76. The first-order chi connectivity index (χ1) is 8.58. The zero-order valence-electron chi connectivity index (χ0n) is 13.5. The van der Waals surface area contributed by atoms with Crippen LogP contribution >= 0.6 is 0 Å². The number of hydrogen-bond acceptors (Lipinski definition) is 5. The van der Waals surface area contributed by atoms with Crippen LogP contribution in [0.4, 0.5) is 0 Å². The molecule has 2 N–H and O–H groups in total. The number of aliphatic hydroxyl groups excluding tert-OH is 2. The van der Waals surface area contributed by atoms with Crippen LogP contribution in [0.15, 0.2) is 0 Å². The number of carbonyl (C=O) groups is 2. The molecule has 0 saturated heterocycles. The normalized spacial score (nSPS) is 9.15. The van der Waals surface area contributed by atoms with Crippen molar-refractivity contribution in [2.75, 3.05) is 0 Å². The molecule has 0 radical (unpaired) electrons. The summed E-state index contributed by atoms with van der Waals surface area (Å²) in [7, 11) is 0. The fourth-order valence-corrected chi connectivity index (χ4v) is 1.03. The molecule has 0 aliphatic carbocycles. The molecule has 0 aliphatic rings. The van der Waals surface area contributed by atoms with Gasteiger partial charge in [-0.2, -0.15) is 0 Å². The first-order valence-corrected chi connectivity index (χ1v) is 6.66. The molecule has 0 bridgehead atoms. The molecule has 120 valence electrons. The summed E-state index contributed by atoms with van der Waals surface area (Å²) in [6.07, 6.45) is 0.650. The predicted molar refractivity (Wildman–Crippen MR) is 73.4 cm³/mol. The van der Waals surface area contributed by atoms with Crippen LogP contribution in [0.25, 0.3) is 0 Å². The van der Waals surface area contributed by atoms with E-state index in [-0.39, 0.29) is 45.6 Å². The Balaban J connectivity index is -0.000000119. The summed E-state index contributed by atoms with van der Waals surface area (Å²) in [5.74, 6) is -1.59. The maximum Gasteiger partial charge on any atom is 0.141 e. The van der Waals surface area contributed by atoms with Gasteiger partial charge in [0.2, 0.25) is 0 Å². The molecule has 0 saturated carbocycles. The van der Waals surface area contributed by atoms with E-state index in [1.165, 1.54) is 0 Å². The summed E-state index contributed by atoms with van der Waals surface area (Å²) >= 11 is 0. The third-order valence-electron chi connectivity index (χ3n) is 1.76. The van der Waals surface area contributed by atoms with Crippen LogP contribution in [0, 0.1) is 5.92 Å². The first kappa shape index (κ1) is 28.0. The number of aliphatic carboxylic acids is 1. The molecule has 0 aromatic rings. The third kappa shape index (κ3) is 36.1. The van der Waals surface area contributed by atoms with Crippen molar-refractivity contribution in [3.05, 3.63) is 0 Å². The van der Waals surface area contributed by atoms with Gasteiger partial charge in [-0.05, 0) is 40.5 Å². The summed E-state index contributed by atoms with van der Waals surface area (Å²) < 4.78 is 0. The van der Waals surface area contributed by atoms with Crippen molar-refractivity contribution in [2.24, 2.45) is 5.92 Å². The van der Waals surface area contributed by atoms with Gasteiger partial charge in [0.1, 0.15) is 5.78 Å². The maximum absolute atomic E-state index is 11.0. The Morgan fingerprint density at radius 1 is 0.950 bits per heavy atom. The van der Waals surface area contributed by atoms with Crippen LogP contribution in [0.3, 0.4) is 0 Å². The van der Waals surface area contributed by atoms with Gasteiger partial charge in [-0.15, -0.1) is 0 Å². The number of hydrogen-bond donors (Lipinski definition) is 2. The number of Topliss-reactive ketones (excluding diaryl/α,β-unsaturated/α-hetero) is 1. The van der Waals surface area contributed by atoms with Crippen LogP contribution in [0.1, 0.15) is 60.8 Å². The van der Waals surface area contributed by atoms with Crippen molar-refractivity contribution in [1.82, 2.24) is 0 Å². The Hall–Kier alpha value is -0.226. The van der Waals surface area contributed by atoms with Crippen molar-refractivity contribution in [3.63, 3.8) is 0 Å². The van der Waals surface area contributed by atoms with Gasteiger partial charge in [0.15, 0.2) is 0 Å². The van der Waals surface area contributed by atoms with Crippen LogP contribution < -0.4 is 5.11 Å². The zero-order valence-corrected chi connectivity index (χ0v) is 15.0. The maximum atomic E-state index is 11.0. The Morgan fingerprint density at radius 2 is 1.20 bits per heavy atom. The van der Waals surface area contributed by atoms with E-state index in [1.54, 1.807) is 27.7 Å². The molecule has 0 amide bonds. The molecule has 20 heavy (non-hydrogen) atoms. The van der Waals surface area contributed by atoms with Crippen LogP contribution in [0.2, 0.25) is 0 Å². The van der Waals surface area contributed by atoms with Crippen molar-refractivity contribution in [3.8, 4) is 0 Å². The van der Waals surface area contributed by atoms with Gasteiger partial charge >= 0.3 is 0 Å². The molecule has 0 rings (SSSR count). The Morgan fingerprint density at radius 3 is 1.35 bits per heavy atom. The molecule has 6 heteroatoms. The van der Waals surface area contributed by atoms with Crippen LogP contribution in [-0.4, -0.2) is 34.2 Å². The van der Waals surface area contributed by atoms with Gasteiger partial charge in [-0.1, -0.05) is 13.8 Å². The monoisotopic (exact) mass is 325 g/mol. The zero-order chi connectivity index (χ0) is 16.0. The van der Waals surface area contributed by atoms with E-state index in [4.69, 9.17) is 10.2 Å². The van der Waals surface area contributed by atoms with Crippen LogP contribution in [-0.2, 0) is 31.3 Å². The molecule has 0 spiro atoms. The Labute approximate surface area is 137 Å². The van der Waals surface area contributed by atoms with Gasteiger partial charge in [0, 0.05) is 52.2 Å². The molecular weight excluding hydrogens is 296 g/mol. The number of ketones is 1. The molecule has 0 fully saturated rings. The summed E-state index contributed by atoms with van der Waals surface area (Å²) in [5, 5.41) is 26.1. The fourth-order valence-electron chi connectivity index (χ4n) is 1.03. The second-order valence-corrected chi connectivity index (χ2v) is 4.72. The molecule has 0 aliphatic heterocycles.